The molecule has 1 atom stereocenters. The lowest BCUT2D eigenvalue weighted by Crippen LogP contribution is -2.11. The largest absolute Gasteiger partial charge is 0.611 e. The van der Waals surface area contributed by atoms with Gasteiger partial charge in [-0.25, -0.2) is 9.98 Å². The fourth-order valence-electron chi connectivity index (χ4n) is 3.64. The smallest absolute Gasteiger partial charge is 0.232 e. The lowest BCUT2D eigenvalue weighted by molar-refractivity contribution is 0.217. The summed E-state index contributed by atoms with van der Waals surface area (Å²) < 4.78 is 18.5. The summed E-state index contributed by atoms with van der Waals surface area (Å²) in [5.74, 6) is 0.418. The summed E-state index contributed by atoms with van der Waals surface area (Å²) in [6, 6.07) is 11.8. The molecule has 4 rings (SSSR count). The minimum absolute atomic E-state index is 0.108. The van der Waals surface area contributed by atoms with E-state index in [0.717, 1.165) is 5.56 Å². The predicted octanol–water partition coefficient (Wildman–Crippen LogP) is 3.72. The number of nitriles is 1. The monoisotopic (exact) mass is 490 g/mol. The van der Waals surface area contributed by atoms with Gasteiger partial charge in [0.05, 0.1) is 17.9 Å². The average Bonchev–Trinajstić information content (AvgIpc) is 3.19. The second-order valence-corrected chi connectivity index (χ2v) is 10.1. The van der Waals surface area contributed by atoms with E-state index in [0.29, 0.717) is 60.4 Å². The number of ether oxygens (including phenoxy) is 1. The summed E-state index contributed by atoms with van der Waals surface area (Å²) in [5, 5.41) is 21.8. The Morgan fingerprint density at radius 2 is 2.12 bits per heavy atom. The SMILES string of the molecule is CN/C=C1/C=C(c2nc3sc([S@+]([O-])CCOC)c(N)c3c(-c3ccccc3)c2C#N)C=NC1=N. The van der Waals surface area contributed by atoms with Crippen LogP contribution in [0.15, 0.2) is 57.4 Å². The van der Waals surface area contributed by atoms with Crippen molar-refractivity contribution in [2.45, 2.75) is 4.21 Å². The molecule has 0 amide bonds. The molecule has 2 aromatic heterocycles. The molecule has 0 spiro atoms. The van der Waals surface area contributed by atoms with Crippen molar-refractivity contribution >= 4 is 56.0 Å². The number of nitrogens with zero attached hydrogens (tertiary/aromatic N) is 3. The third-order valence-electron chi connectivity index (χ3n) is 5.19. The van der Waals surface area contributed by atoms with E-state index >= 15 is 0 Å². The molecule has 0 saturated heterocycles. The van der Waals surface area contributed by atoms with Gasteiger partial charge in [-0.1, -0.05) is 41.7 Å². The standard InChI is InChI=1S/C24H22N6O2S2/c1-28-12-16-10-15(13-29-22(16)27)21-17(11-25)18(14-6-4-3-5-7-14)19-20(26)24(33-23(19)30-21)34(31)9-8-32-2/h3-7,10,12-13,27-28H,8-9,26H2,1-2H3/b16-12-,27-22?/t34-/m1/s1. The molecule has 0 unspecified atom stereocenters. The number of hydrogen-bond acceptors (Lipinski definition) is 8. The Balaban J connectivity index is 2.03. The lowest BCUT2D eigenvalue weighted by atomic mass is 9.93. The van der Waals surface area contributed by atoms with Crippen LogP contribution in [0.5, 0.6) is 0 Å². The number of nitrogens with two attached hydrogens (primary N) is 1. The summed E-state index contributed by atoms with van der Waals surface area (Å²) in [6.07, 6.45) is 4.97. The van der Waals surface area contributed by atoms with Gasteiger partial charge < -0.3 is 20.3 Å². The van der Waals surface area contributed by atoms with Crippen molar-refractivity contribution in [3.05, 3.63) is 59.4 Å². The number of dihydropyridines is 1. The quantitative estimate of drug-likeness (QED) is 0.431. The highest BCUT2D eigenvalue weighted by Gasteiger charge is 2.28. The van der Waals surface area contributed by atoms with Crippen LogP contribution < -0.4 is 11.1 Å². The third kappa shape index (κ3) is 4.34. The Kier molecular flexibility index (Phi) is 7.09. The third-order valence-corrected chi connectivity index (χ3v) is 8.06. The molecule has 1 aliphatic heterocycles. The maximum absolute atomic E-state index is 12.9. The maximum atomic E-state index is 12.9. The Morgan fingerprint density at radius 1 is 1.35 bits per heavy atom. The second kappa shape index (κ2) is 10.2. The molecule has 3 aromatic rings. The van der Waals surface area contributed by atoms with E-state index < -0.39 is 11.2 Å². The number of thiophene rings is 1. The van der Waals surface area contributed by atoms with Crippen LogP contribution in [0, 0.1) is 16.7 Å². The van der Waals surface area contributed by atoms with Gasteiger partial charge in [0.2, 0.25) is 4.21 Å². The Hall–Kier alpha value is -3.49. The van der Waals surface area contributed by atoms with Crippen LogP contribution >= 0.6 is 11.3 Å². The molecule has 8 nitrogen and oxygen atoms in total. The van der Waals surface area contributed by atoms with Gasteiger partial charge in [-0.3, -0.25) is 5.41 Å². The fraction of sp³-hybridized carbons (Fsp3) is 0.167. The van der Waals surface area contributed by atoms with Crippen LogP contribution in [-0.2, 0) is 15.9 Å². The molecule has 3 heterocycles. The van der Waals surface area contributed by atoms with Crippen molar-refractivity contribution in [1.29, 1.82) is 10.7 Å². The topological polar surface area (TPSA) is 143 Å². The lowest BCUT2D eigenvalue weighted by Gasteiger charge is -2.15. The summed E-state index contributed by atoms with van der Waals surface area (Å²) >= 11 is -0.108. The Bertz CT molecular complexity index is 1390. The molecule has 1 aliphatic rings. The number of rotatable bonds is 7. The molecule has 0 fully saturated rings. The molecule has 10 heteroatoms. The van der Waals surface area contributed by atoms with Crippen molar-refractivity contribution in [2.75, 3.05) is 32.3 Å². The van der Waals surface area contributed by atoms with Crippen LogP contribution in [0.3, 0.4) is 0 Å². The molecule has 0 bridgehead atoms. The summed E-state index contributed by atoms with van der Waals surface area (Å²) in [5.41, 5.74) is 10.3. The first-order valence-electron chi connectivity index (χ1n) is 10.3. The number of fused-ring (bicyclic) bond motifs is 1. The molecule has 4 N–H and O–H groups in total. The van der Waals surface area contributed by atoms with Gasteiger partial charge in [-0.2, -0.15) is 5.26 Å². The number of pyridine rings is 1. The van der Waals surface area contributed by atoms with E-state index in [1.54, 1.807) is 26.4 Å². The zero-order chi connectivity index (χ0) is 24.2. The molecule has 0 radical (unpaired) electrons. The molecule has 172 valence electrons. The summed E-state index contributed by atoms with van der Waals surface area (Å²) in [4.78, 5) is 9.55. The van der Waals surface area contributed by atoms with Gasteiger partial charge in [-0.15, -0.1) is 0 Å². The minimum Gasteiger partial charge on any atom is -0.611 e. The van der Waals surface area contributed by atoms with Crippen molar-refractivity contribution in [3.63, 3.8) is 0 Å². The van der Waals surface area contributed by atoms with E-state index in [-0.39, 0.29) is 5.84 Å². The van der Waals surface area contributed by atoms with E-state index in [9.17, 15) is 9.81 Å². The van der Waals surface area contributed by atoms with Gasteiger partial charge in [-0.05, 0) is 11.6 Å². The maximum Gasteiger partial charge on any atom is 0.232 e. The number of benzene rings is 1. The van der Waals surface area contributed by atoms with E-state index in [1.807, 2.05) is 30.3 Å². The molecular weight excluding hydrogens is 468 g/mol. The number of allylic oxidation sites excluding steroid dienone is 1. The number of aliphatic imine (C=N–C) groups is 1. The first-order chi connectivity index (χ1) is 16.5. The van der Waals surface area contributed by atoms with Crippen molar-refractivity contribution in [1.82, 2.24) is 10.3 Å². The van der Waals surface area contributed by atoms with E-state index in [1.165, 1.54) is 17.6 Å². The van der Waals surface area contributed by atoms with Gasteiger partial charge in [0.25, 0.3) is 0 Å². The first-order valence-corrected chi connectivity index (χ1v) is 12.4. The zero-order valence-electron chi connectivity index (χ0n) is 18.6. The zero-order valence-corrected chi connectivity index (χ0v) is 20.2. The Morgan fingerprint density at radius 3 is 2.79 bits per heavy atom. The molecular formula is C24H22N6O2S2. The fourth-order valence-corrected chi connectivity index (χ4v) is 6.19. The van der Waals surface area contributed by atoms with Crippen molar-refractivity contribution < 1.29 is 9.29 Å². The highest BCUT2D eigenvalue weighted by atomic mass is 32.2. The number of anilines is 1. The number of amidine groups is 1. The van der Waals surface area contributed by atoms with Crippen molar-refractivity contribution in [2.24, 2.45) is 4.99 Å². The minimum atomic E-state index is -1.37. The number of hydrogen-bond donors (Lipinski definition) is 3. The number of nitrogen functional groups attached to an aromatic ring is 1. The van der Waals surface area contributed by atoms with Gasteiger partial charge in [0.1, 0.15) is 22.3 Å². The van der Waals surface area contributed by atoms with Crippen LogP contribution in [0.1, 0.15) is 11.3 Å². The van der Waals surface area contributed by atoms with Crippen molar-refractivity contribution in [3.8, 4) is 17.2 Å². The summed E-state index contributed by atoms with van der Waals surface area (Å²) in [7, 11) is 3.30. The number of methoxy groups -OCH3 is 1. The highest BCUT2D eigenvalue weighted by Crippen LogP contribution is 2.45. The van der Waals surface area contributed by atoms with E-state index in [2.05, 4.69) is 16.4 Å². The van der Waals surface area contributed by atoms with Gasteiger partial charge in [0.15, 0.2) is 5.84 Å². The number of nitrogens with one attached hydrogen (secondary N) is 2. The second-order valence-electron chi connectivity index (χ2n) is 7.31. The first kappa shape index (κ1) is 23.7. The molecule has 0 saturated carbocycles. The van der Waals surface area contributed by atoms with Crippen LogP contribution in [-0.4, -0.2) is 48.1 Å². The summed E-state index contributed by atoms with van der Waals surface area (Å²) in [6.45, 7) is 0.337. The molecule has 34 heavy (non-hydrogen) atoms. The van der Waals surface area contributed by atoms with Crippen LogP contribution in [0.25, 0.3) is 26.9 Å². The van der Waals surface area contributed by atoms with Gasteiger partial charge >= 0.3 is 0 Å². The molecule has 1 aromatic carbocycles. The van der Waals surface area contributed by atoms with Gasteiger partial charge in [0, 0.05) is 59.8 Å². The number of aromatic nitrogens is 1. The van der Waals surface area contributed by atoms with Crippen LogP contribution in [0.2, 0.25) is 0 Å². The molecule has 0 aliphatic carbocycles. The predicted molar refractivity (Wildman–Crippen MR) is 139 cm³/mol. The highest BCUT2D eigenvalue weighted by molar-refractivity contribution is 7.93. The normalized spacial score (nSPS) is 15.4. The van der Waals surface area contributed by atoms with Crippen LogP contribution in [0.4, 0.5) is 5.69 Å². The van der Waals surface area contributed by atoms with E-state index in [4.69, 9.17) is 20.9 Å². The Labute approximate surface area is 204 Å². The average molecular weight is 491 g/mol.